The van der Waals surface area contributed by atoms with Gasteiger partial charge in [0.2, 0.25) is 0 Å². The van der Waals surface area contributed by atoms with E-state index in [1.165, 1.54) is 11.8 Å². The molecule has 1 amide bonds. The molecule has 0 unspecified atom stereocenters. The van der Waals surface area contributed by atoms with Crippen LogP contribution in [-0.2, 0) is 4.79 Å². The molecular formula is C24H28N2O4S. The zero-order valence-electron chi connectivity index (χ0n) is 18.5. The SMILES string of the molecule is COc1cc(/C=C2\SC(=NC(C)C)N(c3cccc(C)c3C)C2=O)ccc1OCCO. The number of nitrogens with zero attached hydrogens (tertiary/aromatic N) is 2. The van der Waals surface area contributed by atoms with Crippen molar-refractivity contribution in [3.05, 3.63) is 58.0 Å². The van der Waals surface area contributed by atoms with E-state index in [1.807, 2.05) is 64.1 Å². The van der Waals surface area contributed by atoms with Gasteiger partial charge in [-0.1, -0.05) is 18.2 Å². The minimum atomic E-state index is -0.0994. The van der Waals surface area contributed by atoms with Gasteiger partial charge in [0, 0.05) is 6.04 Å². The number of aliphatic hydroxyl groups is 1. The quantitative estimate of drug-likeness (QED) is 0.639. The molecule has 2 aromatic rings. The molecule has 0 aromatic heterocycles. The van der Waals surface area contributed by atoms with Crippen LogP contribution in [0.4, 0.5) is 5.69 Å². The summed E-state index contributed by atoms with van der Waals surface area (Å²) >= 11 is 1.37. The van der Waals surface area contributed by atoms with Crippen molar-refractivity contribution < 1.29 is 19.4 Å². The van der Waals surface area contributed by atoms with E-state index in [1.54, 1.807) is 18.1 Å². The fourth-order valence-electron chi connectivity index (χ4n) is 3.17. The van der Waals surface area contributed by atoms with E-state index in [4.69, 9.17) is 19.6 Å². The smallest absolute Gasteiger partial charge is 0.271 e. The Kier molecular flexibility index (Phi) is 7.41. The van der Waals surface area contributed by atoms with Gasteiger partial charge in [-0.2, -0.15) is 0 Å². The van der Waals surface area contributed by atoms with E-state index in [-0.39, 0.29) is 25.2 Å². The number of amidine groups is 1. The van der Waals surface area contributed by atoms with Gasteiger partial charge in [-0.3, -0.25) is 14.7 Å². The Morgan fingerprint density at radius 3 is 2.65 bits per heavy atom. The average molecular weight is 441 g/mol. The maximum Gasteiger partial charge on any atom is 0.271 e. The summed E-state index contributed by atoms with van der Waals surface area (Å²) in [7, 11) is 1.56. The number of methoxy groups -OCH3 is 1. The molecule has 1 aliphatic heterocycles. The number of benzene rings is 2. The van der Waals surface area contributed by atoms with Crippen molar-refractivity contribution in [2.45, 2.75) is 33.7 Å². The molecule has 1 heterocycles. The zero-order valence-corrected chi connectivity index (χ0v) is 19.3. The van der Waals surface area contributed by atoms with Crippen LogP contribution in [0, 0.1) is 13.8 Å². The monoisotopic (exact) mass is 440 g/mol. The number of amides is 1. The molecule has 31 heavy (non-hydrogen) atoms. The Morgan fingerprint density at radius 2 is 1.97 bits per heavy atom. The number of anilines is 1. The fourth-order valence-corrected chi connectivity index (χ4v) is 4.28. The lowest BCUT2D eigenvalue weighted by atomic mass is 10.1. The average Bonchev–Trinajstić information content (AvgIpc) is 3.03. The number of aryl methyl sites for hydroxylation is 1. The Bertz CT molecular complexity index is 1030. The first kappa shape index (κ1) is 22.9. The van der Waals surface area contributed by atoms with Crippen molar-refractivity contribution in [1.29, 1.82) is 0 Å². The van der Waals surface area contributed by atoms with E-state index in [0.29, 0.717) is 21.6 Å². The van der Waals surface area contributed by atoms with Crippen LogP contribution in [0.2, 0.25) is 0 Å². The molecule has 0 spiro atoms. The Balaban J connectivity index is 2.00. The first-order chi connectivity index (χ1) is 14.8. The first-order valence-corrected chi connectivity index (χ1v) is 11.0. The largest absolute Gasteiger partial charge is 0.493 e. The van der Waals surface area contributed by atoms with Crippen LogP contribution in [0.1, 0.15) is 30.5 Å². The molecule has 1 fully saturated rings. The third-order valence-corrected chi connectivity index (χ3v) is 5.81. The van der Waals surface area contributed by atoms with Gasteiger partial charge in [-0.15, -0.1) is 0 Å². The number of carbonyl (C=O) groups excluding carboxylic acids is 1. The molecule has 0 atom stereocenters. The van der Waals surface area contributed by atoms with Crippen molar-refractivity contribution >= 4 is 34.6 Å². The topological polar surface area (TPSA) is 71.4 Å². The van der Waals surface area contributed by atoms with Gasteiger partial charge in [0.1, 0.15) is 6.61 Å². The molecule has 7 heteroatoms. The van der Waals surface area contributed by atoms with Crippen LogP contribution in [0.25, 0.3) is 6.08 Å². The molecular weight excluding hydrogens is 412 g/mol. The van der Waals surface area contributed by atoms with Gasteiger partial charge in [0.25, 0.3) is 5.91 Å². The van der Waals surface area contributed by atoms with Crippen molar-refractivity contribution in [1.82, 2.24) is 0 Å². The second-order valence-corrected chi connectivity index (χ2v) is 8.47. The van der Waals surface area contributed by atoms with Crippen LogP contribution in [0.3, 0.4) is 0 Å². The summed E-state index contributed by atoms with van der Waals surface area (Å²) in [6.07, 6.45) is 1.84. The van der Waals surface area contributed by atoms with Gasteiger partial charge < -0.3 is 14.6 Å². The Hall–Kier alpha value is -2.77. The molecule has 1 saturated heterocycles. The number of rotatable bonds is 7. The van der Waals surface area contributed by atoms with Crippen molar-refractivity contribution in [3.63, 3.8) is 0 Å². The first-order valence-electron chi connectivity index (χ1n) is 10.2. The highest BCUT2D eigenvalue weighted by Gasteiger charge is 2.35. The minimum Gasteiger partial charge on any atom is -0.493 e. The molecule has 0 aliphatic carbocycles. The highest BCUT2D eigenvalue weighted by atomic mass is 32.2. The van der Waals surface area contributed by atoms with E-state index >= 15 is 0 Å². The summed E-state index contributed by atoms with van der Waals surface area (Å²) in [5.41, 5.74) is 3.85. The lowest BCUT2D eigenvalue weighted by Crippen LogP contribution is -2.30. The number of hydrogen-bond acceptors (Lipinski definition) is 6. The number of aliphatic imine (C=N–C) groups is 1. The van der Waals surface area contributed by atoms with Gasteiger partial charge in [0.05, 0.1) is 24.3 Å². The molecule has 3 rings (SSSR count). The van der Waals surface area contributed by atoms with Crippen LogP contribution in [0.15, 0.2) is 46.3 Å². The van der Waals surface area contributed by atoms with E-state index < -0.39 is 0 Å². The summed E-state index contributed by atoms with van der Waals surface area (Å²) in [5, 5.41) is 9.65. The number of hydrogen-bond donors (Lipinski definition) is 1. The highest BCUT2D eigenvalue weighted by molar-refractivity contribution is 8.19. The van der Waals surface area contributed by atoms with Crippen LogP contribution in [0.5, 0.6) is 11.5 Å². The second-order valence-electron chi connectivity index (χ2n) is 7.46. The van der Waals surface area contributed by atoms with E-state index in [9.17, 15) is 4.79 Å². The molecule has 164 valence electrons. The summed E-state index contributed by atoms with van der Waals surface area (Å²) < 4.78 is 10.9. The van der Waals surface area contributed by atoms with Gasteiger partial charge in [-0.25, -0.2) is 0 Å². The van der Waals surface area contributed by atoms with Gasteiger partial charge in [0.15, 0.2) is 16.7 Å². The van der Waals surface area contributed by atoms with Crippen LogP contribution < -0.4 is 14.4 Å². The van der Waals surface area contributed by atoms with Crippen LogP contribution in [-0.4, -0.2) is 42.5 Å². The van der Waals surface area contributed by atoms with Gasteiger partial charge >= 0.3 is 0 Å². The summed E-state index contributed by atoms with van der Waals surface area (Å²) in [6, 6.07) is 11.5. The molecule has 0 radical (unpaired) electrons. The maximum atomic E-state index is 13.4. The number of ether oxygens (including phenoxy) is 2. The lowest BCUT2D eigenvalue weighted by molar-refractivity contribution is -0.113. The zero-order chi connectivity index (χ0) is 22.5. The third-order valence-electron chi connectivity index (χ3n) is 4.83. The predicted molar refractivity (Wildman–Crippen MR) is 127 cm³/mol. The van der Waals surface area contributed by atoms with Crippen LogP contribution >= 0.6 is 11.8 Å². The summed E-state index contributed by atoms with van der Waals surface area (Å²) in [5.74, 6) is 0.988. The third kappa shape index (κ3) is 5.11. The molecule has 1 aliphatic rings. The number of carbonyl (C=O) groups is 1. The van der Waals surface area contributed by atoms with Crippen molar-refractivity contribution in [2.75, 3.05) is 25.2 Å². The number of thioether (sulfide) groups is 1. The lowest BCUT2D eigenvalue weighted by Gasteiger charge is -2.19. The van der Waals surface area contributed by atoms with Crippen molar-refractivity contribution in [2.24, 2.45) is 4.99 Å². The molecule has 0 saturated carbocycles. The second kappa shape index (κ2) is 10.0. The molecule has 1 N–H and O–H groups in total. The predicted octanol–water partition coefficient (Wildman–Crippen LogP) is 4.57. The maximum absolute atomic E-state index is 13.4. The molecule has 0 bridgehead atoms. The van der Waals surface area contributed by atoms with E-state index in [2.05, 4.69) is 0 Å². The number of aliphatic hydroxyl groups excluding tert-OH is 1. The standard InChI is InChI=1S/C24H28N2O4S/c1-15(2)25-24-26(19-8-6-7-16(3)17(19)4)23(28)22(31-24)14-18-9-10-20(30-12-11-27)21(13-18)29-5/h6-10,13-15,27H,11-12H2,1-5H3/b22-14-,25-24?. The Morgan fingerprint density at radius 1 is 1.19 bits per heavy atom. The molecule has 6 nitrogen and oxygen atoms in total. The summed E-state index contributed by atoms with van der Waals surface area (Å²) in [4.78, 5) is 20.4. The van der Waals surface area contributed by atoms with E-state index in [0.717, 1.165) is 22.4 Å². The molecule has 2 aromatic carbocycles. The summed E-state index contributed by atoms with van der Waals surface area (Å²) in [6.45, 7) is 8.16. The van der Waals surface area contributed by atoms with Crippen molar-refractivity contribution in [3.8, 4) is 11.5 Å². The highest BCUT2D eigenvalue weighted by Crippen LogP contribution is 2.39. The normalized spacial score (nSPS) is 16.6. The minimum absolute atomic E-state index is 0.0605. The van der Waals surface area contributed by atoms with Gasteiger partial charge in [-0.05, 0) is 80.4 Å². The fraction of sp³-hybridized carbons (Fsp3) is 0.333. The Labute approximate surface area is 187 Å².